The third kappa shape index (κ3) is 2.96. The van der Waals surface area contributed by atoms with Crippen LogP contribution in [0.15, 0.2) is 36.5 Å². The molecule has 0 radical (unpaired) electrons. The lowest BCUT2D eigenvalue weighted by molar-refractivity contribution is -0.115. The number of methoxy groups -OCH3 is 1. The van der Waals surface area contributed by atoms with Crippen LogP contribution in [-0.2, 0) is 4.79 Å². The van der Waals surface area contributed by atoms with E-state index in [4.69, 9.17) is 4.74 Å². The van der Waals surface area contributed by atoms with Crippen LogP contribution in [0.1, 0.15) is 18.9 Å². The maximum absolute atomic E-state index is 11.6. The Hall–Kier alpha value is -2.36. The van der Waals surface area contributed by atoms with Crippen molar-refractivity contribution in [1.82, 2.24) is 4.98 Å². The molecule has 4 nitrogen and oxygen atoms in total. The zero-order valence-electron chi connectivity index (χ0n) is 11.9. The van der Waals surface area contributed by atoms with Gasteiger partial charge in [0.1, 0.15) is 0 Å². The van der Waals surface area contributed by atoms with Crippen molar-refractivity contribution < 1.29 is 9.53 Å². The van der Waals surface area contributed by atoms with Crippen molar-refractivity contribution in [3.63, 3.8) is 0 Å². The largest absolute Gasteiger partial charge is 0.481 e. The lowest BCUT2D eigenvalue weighted by Gasteiger charge is -2.13. The summed E-state index contributed by atoms with van der Waals surface area (Å²) in [5, 5.41) is 2.91. The molecule has 1 aromatic heterocycles. The molecule has 2 aromatic rings. The number of hydrogen-bond acceptors (Lipinski definition) is 3. The van der Waals surface area contributed by atoms with Crippen LogP contribution in [0.2, 0.25) is 0 Å². The van der Waals surface area contributed by atoms with E-state index in [1.807, 2.05) is 44.2 Å². The highest BCUT2D eigenvalue weighted by molar-refractivity contribution is 5.96. The van der Waals surface area contributed by atoms with E-state index in [1.165, 1.54) is 0 Å². The molecule has 0 unspecified atom stereocenters. The standard InChI is InChI=1S/C16H18N2O2/c1-4-15(19)18-14-8-7-11(2)10-13(14)12-6-5-9-17-16(12)20-3/h5-10H,4H2,1-3H3,(H,18,19). The minimum atomic E-state index is -0.0158. The van der Waals surface area contributed by atoms with Crippen LogP contribution in [0.5, 0.6) is 5.88 Å². The van der Waals surface area contributed by atoms with Crippen molar-refractivity contribution in [2.24, 2.45) is 0 Å². The molecular weight excluding hydrogens is 252 g/mol. The molecule has 1 aromatic carbocycles. The number of aromatic nitrogens is 1. The van der Waals surface area contributed by atoms with Gasteiger partial charge in [0.05, 0.1) is 7.11 Å². The predicted molar refractivity (Wildman–Crippen MR) is 79.9 cm³/mol. The molecule has 0 saturated heterocycles. The molecule has 1 amide bonds. The van der Waals surface area contributed by atoms with E-state index in [2.05, 4.69) is 10.3 Å². The molecular formula is C16H18N2O2. The number of benzene rings is 1. The van der Waals surface area contributed by atoms with Gasteiger partial charge in [0, 0.05) is 29.4 Å². The van der Waals surface area contributed by atoms with E-state index < -0.39 is 0 Å². The monoisotopic (exact) mass is 270 g/mol. The summed E-state index contributed by atoms with van der Waals surface area (Å²) in [6, 6.07) is 9.68. The maximum Gasteiger partial charge on any atom is 0.224 e. The number of rotatable bonds is 4. The van der Waals surface area contributed by atoms with Gasteiger partial charge in [-0.2, -0.15) is 0 Å². The van der Waals surface area contributed by atoms with Gasteiger partial charge in [0.2, 0.25) is 11.8 Å². The smallest absolute Gasteiger partial charge is 0.224 e. The zero-order chi connectivity index (χ0) is 14.5. The van der Waals surface area contributed by atoms with E-state index in [-0.39, 0.29) is 5.91 Å². The third-order valence-corrected chi connectivity index (χ3v) is 3.02. The maximum atomic E-state index is 11.6. The average molecular weight is 270 g/mol. The molecule has 0 saturated carbocycles. The average Bonchev–Trinajstić information content (AvgIpc) is 2.48. The number of aryl methyl sites for hydroxylation is 1. The number of pyridine rings is 1. The highest BCUT2D eigenvalue weighted by Crippen LogP contribution is 2.34. The van der Waals surface area contributed by atoms with Crippen molar-refractivity contribution in [2.75, 3.05) is 12.4 Å². The van der Waals surface area contributed by atoms with Crippen LogP contribution < -0.4 is 10.1 Å². The summed E-state index contributed by atoms with van der Waals surface area (Å²) in [7, 11) is 1.59. The van der Waals surface area contributed by atoms with E-state index in [9.17, 15) is 4.79 Å². The molecule has 0 fully saturated rings. The first kappa shape index (κ1) is 14.1. The van der Waals surface area contributed by atoms with Gasteiger partial charge in [-0.25, -0.2) is 4.98 Å². The minimum Gasteiger partial charge on any atom is -0.481 e. The number of hydrogen-bond donors (Lipinski definition) is 1. The summed E-state index contributed by atoms with van der Waals surface area (Å²) in [5.74, 6) is 0.531. The van der Waals surface area contributed by atoms with Crippen LogP contribution in [0.4, 0.5) is 5.69 Å². The molecule has 20 heavy (non-hydrogen) atoms. The Morgan fingerprint density at radius 2 is 2.10 bits per heavy atom. The first-order chi connectivity index (χ1) is 9.65. The summed E-state index contributed by atoms with van der Waals surface area (Å²) < 4.78 is 5.30. The first-order valence-corrected chi connectivity index (χ1v) is 6.55. The van der Waals surface area contributed by atoms with Crippen LogP contribution in [0, 0.1) is 6.92 Å². The predicted octanol–water partition coefficient (Wildman–Crippen LogP) is 3.41. The van der Waals surface area contributed by atoms with Gasteiger partial charge in [-0.1, -0.05) is 18.6 Å². The number of ether oxygens (including phenoxy) is 1. The summed E-state index contributed by atoms with van der Waals surface area (Å²) in [4.78, 5) is 15.9. The summed E-state index contributed by atoms with van der Waals surface area (Å²) >= 11 is 0. The lowest BCUT2D eigenvalue weighted by atomic mass is 10.0. The lowest BCUT2D eigenvalue weighted by Crippen LogP contribution is -2.10. The van der Waals surface area contributed by atoms with E-state index in [0.717, 1.165) is 22.4 Å². The van der Waals surface area contributed by atoms with Gasteiger partial charge in [-0.05, 0) is 31.2 Å². The molecule has 1 heterocycles. The highest BCUT2D eigenvalue weighted by Gasteiger charge is 2.12. The summed E-state index contributed by atoms with van der Waals surface area (Å²) in [6.07, 6.45) is 2.12. The van der Waals surface area contributed by atoms with Crippen LogP contribution in [0.25, 0.3) is 11.1 Å². The van der Waals surface area contributed by atoms with Gasteiger partial charge in [-0.3, -0.25) is 4.79 Å². The van der Waals surface area contributed by atoms with Gasteiger partial charge in [0.15, 0.2) is 0 Å². The molecule has 4 heteroatoms. The molecule has 1 N–H and O–H groups in total. The van der Waals surface area contributed by atoms with Gasteiger partial charge >= 0.3 is 0 Å². The fourth-order valence-electron chi connectivity index (χ4n) is 1.99. The van der Waals surface area contributed by atoms with Gasteiger partial charge < -0.3 is 10.1 Å². The molecule has 0 bridgehead atoms. The number of nitrogens with one attached hydrogen (secondary N) is 1. The third-order valence-electron chi connectivity index (χ3n) is 3.02. The Kier molecular flexibility index (Phi) is 4.35. The number of carbonyl (C=O) groups excluding carboxylic acids is 1. The van der Waals surface area contributed by atoms with Crippen molar-refractivity contribution in [3.05, 3.63) is 42.1 Å². The Morgan fingerprint density at radius 3 is 2.80 bits per heavy atom. The second-order valence-corrected chi connectivity index (χ2v) is 4.51. The summed E-state index contributed by atoms with van der Waals surface area (Å²) in [6.45, 7) is 3.84. The number of anilines is 1. The zero-order valence-corrected chi connectivity index (χ0v) is 11.9. The number of nitrogens with zero attached hydrogens (tertiary/aromatic N) is 1. The quantitative estimate of drug-likeness (QED) is 0.926. The van der Waals surface area contributed by atoms with Gasteiger partial charge in [-0.15, -0.1) is 0 Å². The van der Waals surface area contributed by atoms with E-state index in [0.29, 0.717) is 12.3 Å². The number of amides is 1. The fourth-order valence-corrected chi connectivity index (χ4v) is 1.99. The molecule has 0 aliphatic heterocycles. The fraction of sp³-hybridized carbons (Fsp3) is 0.250. The Balaban J connectivity index is 2.54. The first-order valence-electron chi connectivity index (χ1n) is 6.55. The van der Waals surface area contributed by atoms with Crippen molar-refractivity contribution in [3.8, 4) is 17.0 Å². The Labute approximate surface area is 118 Å². The van der Waals surface area contributed by atoms with E-state index >= 15 is 0 Å². The molecule has 0 spiro atoms. The Morgan fingerprint density at radius 1 is 1.30 bits per heavy atom. The van der Waals surface area contributed by atoms with E-state index in [1.54, 1.807) is 13.3 Å². The normalized spacial score (nSPS) is 10.2. The van der Waals surface area contributed by atoms with Crippen molar-refractivity contribution >= 4 is 11.6 Å². The van der Waals surface area contributed by atoms with Crippen LogP contribution >= 0.6 is 0 Å². The van der Waals surface area contributed by atoms with Crippen molar-refractivity contribution in [1.29, 1.82) is 0 Å². The molecule has 104 valence electrons. The van der Waals surface area contributed by atoms with Crippen LogP contribution in [0.3, 0.4) is 0 Å². The molecule has 2 rings (SSSR count). The summed E-state index contributed by atoms with van der Waals surface area (Å²) in [5.41, 5.74) is 3.66. The molecule has 0 aliphatic carbocycles. The van der Waals surface area contributed by atoms with Crippen LogP contribution in [-0.4, -0.2) is 18.0 Å². The SMILES string of the molecule is CCC(=O)Nc1ccc(C)cc1-c1cccnc1OC. The Bertz CT molecular complexity index is 624. The van der Waals surface area contributed by atoms with Gasteiger partial charge in [0.25, 0.3) is 0 Å². The minimum absolute atomic E-state index is 0.0158. The molecule has 0 atom stereocenters. The topological polar surface area (TPSA) is 51.2 Å². The number of carbonyl (C=O) groups is 1. The second-order valence-electron chi connectivity index (χ2n) is 4.51. The highest BCUT2D eigenvalue weighted by atomic mass is 16.5. The second kappa shape index (κ2) is 6.19. The molecule has 0 aliphatic rings. The van der Waals surface area contributed by atoms with Crippen molar-refractivity contribution in [2.45, 2.75) is 20.3 Å².